The molecule has 0 saturated carbocycles. The summed E-state index contributed by atoms with van der Waals surface area (Å²) in [4.78, 5) is 16.2. The highest BCUT2D eigenvalue weighted by atomic mass is 32.1. The molecule has 0 aliphatic rings. The van der Waals surface area contributed by atoms with Gasteiger partial charge in [-0.15, -0.1) is 11.3 Å². The lowest BCUT2D eigenvalue weighted by molar-refractivity contribution is -0.384. The second-order valence-electron chi connectivity index (χ2n) is 5.48. The molecule has 0 radical (unpaired) electrons. The van der Waals surface area contributed by atoms with E-state index in [0.717, 1.165) is 21.7 Å². The fourth-order valence-corrected chi connectivity index (χ4v) is 3.41. The molecule has 8 heteroatoms. The van der Waals surface area contributed by atoms with Crippen molar-refractivity contribution in [3.05, 3.63) is 56.8 Å². The molecule has 0 fully saturated rings. The van der Waals surface area contributed by atoms with Gasteiger partial charge < -0.3 is 5.32 Å². The van der Waals surface area contributed by atoms with Crippen molar-refractivity contribution in [2.24, 2.45) is 7.05 Å². The highest BCUT2D eigenvalue weighted by Gasteiger charge is 2.23. The van der Waals surface area contributed by atoms with Crippen molar-refractivity contribution >= 4 is 22.8 Å². The van der Waals surface area contributed by atoms with E-state index >= 15 is 0 Å². The van der Waals surface area contributed by atoms with Crippen molar-refractivity contribution in [2.45, 2.75) is 20.4 Å². The van der Waals surface area contributed by atoms with Crippen LogP contribution in [0, 0.1) is 24.0 Å². The predicted molar refractivity (Wildman–Crippen MR) is 94.2 cm³/mol. The Morgan fingerprint density at radius 3 is 2.54 bits per heavy atom. The summed E-state index contributed by atoms with van der Waals surface area (Å²) in [6, 6.07) is 8.11. The van der Waals surface area contributed by atoms with Crippen molar-refractivity contribution in [1.29, 1.82) is 0 Å². The van der Waals surface area contributed by atoms with Gasteiger partial charge in [-0.3, -0.25) is 10.1 Å². The van der Waals surface area contributed by atoms with E-state index < -0.39 is 4.92 Å². The molecule has 3 rings (SSSR count). The van der Waals surface area contributed by atoms with Crippen molar-refractivity contribution in [1.82, 2.24) is 14.8 Å². The van der Waals surface area contributed by atoms with Gasteiger partial charge in [0.15, 0.2) is 0 Å². The van der Waals surface area contributed by atoms with E-state index in [1.807, 2.05) is 36.7 Å². The number of nitro groups is 1. The van der Waals surface area contributed by atoms with Crippen LogP contribution in [0.4, 0.5) is 11.5 Å². The molecule has 2 heterocycles. The standard InChI is InChI=1S/C16H17N5O2S/c1-10-14(21(22)23)16(20(3)19-10)17-8-12-4-6-13(7-5-12)15-11(2)18-9-24-15/h4-7,9,17H,8H2,1-3H3. The van der Waals surface area contributed by atoms with Crippen molar-refractivity contribution in [2.75, 3.05) is 5.32 Å². The number of hydrogen-bond donors (Lipinski definition) is 1. The number of rotatable bonds is 5. The van der Waals surface area contributed by atoms with Gasteiger partial charge in [0, 0.05) is 13.6 Å². The summed E-state index contributed by atoms with van der Waals surface area (Å²) in [6.45, 7) is 4.11. The van der Waals surface area contributed by atoms with Gasteiger partial charge >= 0.3 is 5.69 Å². The predicted octanol–water partition coefficient (Wildman–Crippen LogP) is 3.68. The van der Waals surface area contributed by atoms with Gasteiger partial charge in [0.1, 0.15) is 5.69 Å². The molecule has 0 amide bonds. The number of thiazole rings is 1. The highest BCUT2D eigenvalue weighted by molar-refractivity contribution is 7.13. The summed E-state index contributed by atoms with van der Waals surface area (Å²) >= 11 is 1.62. The van der Waals surface area contributed by atoms with Crippen LogP contribution < -0.4 is 5.32 Å². The Labute approximate surface area is 143 Å². The summed E-state index contributed by atoms with van der Waals surface area (Å²) in [5.74, 6) is 0.417. The molecule has 0 bridgehead atoms. The number of benzene rings is 1. The highest BCUT2D eigenvalue weighted by Crippen LogP contribution is 2.29. The molecule has 0 unspecified atom stereocenters. The minimum Gasteiger partial charge on any atom is -0.360 e. The van der Waals surface area contributed by atoms with Gasteiger partial charge in [0.05, 0.1) is 21.0 Å². The van der Waals surface area contributed by atoms with Crippen LogP contribution in [0.2, 0.25) is 0 Å². The topological polar surface area (TPSA) is 85.9 Å². The Morgan fingerprint density at radius 2 is 1.96 bits per heavy atom. The first-order valence-electron chi connectivity index (χ1n) is 7.38. The van der Waals surface area contributed by atoms with Crippen LogP contribution in [0.25, 0.3) is 10.4 Å². The maximum atomic E-state index is 11.2. The number of nitrogens with zero attached hydrogens (tertiary/aromatic N) is 4. The van der Waals surface area contributed by atoms with Crippen LogP contribution in [-0.2, 0) is 13.6 Å². The zero-order valence-corrected chi connectivity index (χ0v) is 14.4. The molecule has 124 valence electrons. The normalized spacial score (nSPS) is 10.8. The summed E-state index contributed by atoms with van der Waals surface area (Å²) in [5.41, 5.74) is 5.45. The van der Waals surface area contributed by atoms with E-state index in [1.165, 1.54) is 4.68 Å². The van der Waals surface area contributed by atoms with Crippen LogP contribution in [0.15, 0.2) is 29.8 Å². The first-order valence-corrected chi connectivity index (χ1v) is 8.26. The number of anilines is 1. The lowest BCUT2D eigenvalue weighted by atomic mass is 10.1. The molecule has 2 aromatic heterocycles. The molecule has 0 spiro atoms. The smallest absolute Gasteiger partial charge is 0.333 e. The fourth-order valence-electron chi connectivity index (χ4n) is 2.60. The number of hydrogen-bond acceptors (Lipinski definition) is 6. The molecule has 7 nitrogen and oxygen atoms in total. The van der Waals surface area contributed by atoms with Crippen LogP contribution in [0.3, 0.4) is 0 Å². The van der Waals surface area contributed by atoms with Crippen LogP contribution in [-0.4, -0.2) is 19.7 Å². The quantitative estimate of drug-likeness (QED) is 0.564. The zero-order chi connectivity index (χ0) is 17.3. The average Bonchev–Trinajstić information content (AvgIpc) is 3.08. The first-order chi connectivity index (χ1) is 11.5. The van der Waals surface area contributed by atoms with E-state index in [0.29, 0.717) is 18.1 Å². The van der Waals surface area contributed by atoms with E-state index in [-0.39, 0.29) is 5.69 Å². The number of nitrogens with one attached hydrogen (secondary N) is 1. The van der Waals surface area contributed by atoms with Crippen LogP contribution in [0.5, 0.6) is 0 Å². The third-order valence-electron chi connectivity index (χ3n) is 3.79. The summed E-state index contributed by atoms with van der Waals surface area (Å²) in [5, 5.41) is 18.4. The molecule has 0 aliphatic carbocycles. The molecule has 0 atom stereocenters. The Morgan fingerprint density at radius 1 is 1.25 bits per heavy atom. The summed E-state index contributed by atoms with van der Waals surface area (Å²) in [6.07, 6.45) is 0. The van der Waals surface area contributed by atoms with Gasteiger partial charge in [0.2, 0.25) is 5.82 Å². The van der Waals surface area contributed by atoms with Crippen molar-refractivity contribution < 1.29 is 4.92 Å². The Balaban J connectivity index is 1.76. The van der Waals surface area contributed by atoms with Crippen molar-refractivity contribution in [3.63, 3.8) is 0 Å². The molecule has 24 heavy (non-hydrogen) atoms. The van der Waals surface area contributed by atoms with Gasteiger partial charge in [-0.2, -0.15) is 5.10 Å². The Hall–Kier alpha value is -2.74. The molecule has 0 aliphatic heterocycles. The maximum Gasteiger partial charge on any atom is 0.333 e. The summed E-state index contributed by atoms with van der Waals surface area (Å²) in [7, 11) is 1.69. The average molecular weight is 343 g/mol. The van der Waals surface area contributed by atoms with E-state index in [2.05, 4.69) is 15.4 Å². The Kier molecular flexibility index (Phi) is 4.30. The summed E-state index contributed by atoms with van der Waals surface area (Å²) < 4.78 is 1.50. The molecule has 1 N–H and O–H groups in total. The first kappa shape index (κ1) is 16.1. The van der Waals surface area contributed by atoms with Gasteiger partial charge in [0.25, 0.3) is 0 Å². The zero-order valence-electron chi connectivity index (χ0n) is 13.6. The minimum atomic E-state index is -0.402. The van der Waals surface area contributed by atoms with Gasteiger partial charge in [-0.05, 0) is 25.0 Å². The second-order valence-corrected chi connectivity index (χ2v) is 6.34. The molecular formula is C16H17N5O2S. The third-order valence-corrected chi connectivity index (χ3v) is 4.77. The van der Waals surface area contributed by atoms with Crippen LogP contribution >= 0.6 is 11.3 Å². The monoisotopic (exact) mass is 343 g/mol. The van der Waals surface area contributed by atoms with E-state index in [1.54, 1.807) is 25.3 Å². The SMILES string of the molecule is Cc1ncsc1-c1ccc(CNc2c([N+](=O)[O-])c(C)nn2C)cc1. The molecular weight excluding hydrogens is 326 g/mol. The van der Waals surface area contributed by atoms with Crippen molar-refractivity contribution in [3.8, 4) is 10.4 Å². The Bertz CT molecular complexity index is 883. The lowest BCUT2D eigenvalue weighted by Gasteiger charge is -2.07. The molecule has 0 saturated heterocycles. The number of aromatic nitrogens is 3. The van der Waals surface area contributed by atoms with E-state index in [9.17, 15) is 10.1 Å². The lowest BCUT2D eigenvalue weighted by Crippen LogP contribution is -2.06. The number of aryl methyl sites for hydroxylation is 3. The largest absolute Gasteiger partial charge is 0.360 e. The van der Waals surface area contributed by atoms with Gasteiger partial charge in [-0.1, -0.05) is 24.3 Å². The molecule has 3 aromatic rings. The fraction of sp³-hybridized carbons (Fsp3) is 0.250. The third kappa shape index (κ3) is 3.00. The van der Waals surface area contributed by atoms with Crippen LogP contribution in [0.1, 0.15) is 17.0 Å². The van der Waals surface area contributed by atoms with E-state index in [4.69, 9.17) is 0 Å². The minimum absolute atomic E-state index is 0.0226. The molecule has 1 aromatic carbocycles. The maximum absolute atomic E-state index is 11.2. The van der Waals surface area contributed by atoms with Gasteiger partial charge in [-0.25, -0.2) is 9.67 Å². The second kappa shape index (κ2) is 6.40.